The van der Waals surface area contributed by atoms with E-state index in [0.29, 0.717) is 57.5 Å². The van der Waals surface area contributed by atoms with Gasteiger partial charge in [0.15, 0.2) is 10.5 Å². The number of anilines is 1. The van der Waals surface area contributed by atoms with Gasteiger partial charge in [0.25, 0.3) is 5.91 Å². The number of nitrogens with one attached hydrogen (secondary N) is 2. The molecule has 0 saturated heterocycles. The molecule has 1 aliphatic heterocycles. The predicted molar refractivity (Wildman–Crippen MR) is 188 cm³/mol. The molecule has 14 heteroatoms. The first-order valence-electron chi connectivity index (χ1n) is 15.6. The van der Waals surface area contributed by atoms with Crippen LogP contribution in [0.15, 0.2) is 100 Å². The summed E-state index contributed by atoms with van der Waals surface area (Å²) in [5.74, 6) is -3.28. The normalized spacial score (nSPS) is 10.9. The fourth-order valence-corrected chi connectivity index (χ4v) is 5.64. The number of nitrogens with zero attached hydrogens (tertiary/aromatic N) is 1. The molecule has 256 valence electrons. The van der Waals surface area contributed by atoms with E-state index >= 15 is 0 Å². The molecule has 2 aliphatic rings. The number of phenolic OH excluding ortho intramolecular Hbond substituents is 1. The summed E-state index contributed by atoms with van der Waals surface area (Å²) in [5.41, 5.74) is 4.04. The zero-order valence-corrected chi connectivity index (χ0v) is 30.4. The van der Waals surface area contributed by atoms with Crippen molar-refractivity contribution in [1.82, 2.24) is 10.4 Å². The van der Waals surface area contributed by atoms with Crippen LogP contribution in [0.3, 0.4) is 0 Å². The maximum atomic E-state index is 12.5. The Hall–Kier alpha value is -5.05. The Morgan fingerprint density at radius 2 is 1.61 bits per heavy atom. The van der Waals surface area contributed by atoms with Gasteiger partial charge in [-0.05, 0) is 90.6 Å². The molecule has 0 radical (unpaired) electrons. The Bertz CT molecular complexity index is 2130. The molecule has 12 nitrogen and oxygen atoms in total. The number of aromatic hydroxyl groups is 1. The minimum Gasteiger partial charge on any atom is -0.545 e. The number of benzene rings is 4. The molecule has 0 aromatic heterocycles. The monoisotopic (exact) mass is 717 g/mol. The number of rotatable bonds is 13. The van der Waals surface area contributed by atoms with E-state index < -0.39 is 17.8 Å². The Morgan fingerprint density at radius 1 is 0.882 bits per heavy atom. The van der Waals surface area contributed by atoms with Crippen molar-refractivity contribution in [3.8, 4) is 28.2 Å². The molecule has 0 fully saturated rings. The molecular weight excluding hydrogens is 685 g/mol. The van der Waals surface area contributed by atoms with Crippen LogP contribution in [0, 0.1) is 0 Å². The number of fused-ring (bicyclic) bond motifs is 2. The fourth-order valence-electron chi connectivity index (χ4n) is 5.45. The number of carbonyl (C=O) groups excluding carboxylic acids is 2. The van der Waals surface area contributed by atoms with Crippen LogP contribution in [0.5, 0.6) is 5.75 Å². The second kappa shape index (κ2) is 17.7. The Morgan fingerprint density at radius 3 is 2.33 bits per heavy atom. The van der Waals surface area contributed by atoms with Crippen LogP contribution in [0.2, 0.25) is 0 Å². The van der Waals surface area contributed by atoms with Gasteiger partial charge in [-0.3, -0.25) is 14.8 Å². The van der Waals surface area contributed by atoms with Gasteiger partial charge in [-0.15, -0.1) is 0 Å². The number of hydrogen-bond donors (Lipinski definition) is 5. The average molecular weight is 718 g/mol. The van der Waals surface area contributed by atoms with Gasteiger partial charge in [0.05, 0.1) is 11.5 Å². The fraction of sp³-hybridized carbons (Fsp3) is 0.162. The Kier molecular flexibility index (Phi) is 13.5. The molecule has 1 aliphatic carbocycles. The van der Waals surface area contributed by atoms with Crippen molar-refractivity contribution in [3.63, 3.8) is 0 Å². The number of carboxylic acid groups (broad SMARTS) is 2. The molecule has 0 spiro atoms. The number of aliphatic carboxylic acids is 1. The topological polar surface area (TPSA) is 192 Å². The van der Waals surface area contributed by atoms with Crippen molar-refractivity contribution < 1.29 is 68.9 Å². The van der Waals surface area contributed by atoms with Crippen molar-refractivity contribution in [2.24, 2.45) is 0 Å². The van der Waals surface area contributed by atoms with E-state index in [1.165, 1.54) is 30.3 Å². The van der Waals surface area contributed by atoms with Gasteiger partial charge in [-0.25, -0.2) is 9.86 Å². The number of hydrogen-bond acceptors (Lipinski definition) is 9. The van der Waals surface area contributed by atoms with Crippen molar-refractivity contribution in [1.29, 1.82) is 0 Å². The first kappa shape index (κ1) is 38.7. The van der Waals surface area contributed by atoms with Crippen LogP contribution in [0.25, 0.3) is 33.4 Å². The van der Waals surface area contributed by atoms with Crippen molar-refractivity contribution in [3.05, 3.63) is 118 Å². The van der Waals surface area contributed by atoms with Crippen molar-refractivity contribution >= 4 is 51.8 Å². The van der Waals surface area contributed by atoms with Gasteiger partial charge in [0, 0.05) is 53.5 Å². The van der Waals surface area contributed by atoms with Gasteiger partial charge >= 0.3 is 35.5 Å². The summed E-state index contributed by atoms with van der Waals surface area (Å²) in [4.78, 5) is 46.5. The van der Waals surface area contributed by atoms with Crippen molar-refractivity contribution in [2.75, 3.05) is 11.9 Å². The third-order valence-electron chi connectivity index (χ3n) is 7.88. The Labute approximate surface area is 319 Å². The summed E-state index contributed by atoms with van der Waals surface area (Å²) in [6, 6.07) is 21.6. The van der Waals surface area contributed by atoms with E-state index in [0.717, 1.165) is 36.5 Å². The largest absolute Gasteiger partial charge is 1.00 e. The molecule has 0 atom stereocenters. The van der Waals surface area contributed by atoms with Gasteiger partial charge in [-0.1, -0.05) is 36.8 Å². The molecule has 5 N–H and O–H groups in total. The second-order valence-electron chi connectivity index (χ2n) is 11.4. The standard InChI is InChI=1S/C37H33N3O9S.Na/c41-25-10-13-28-31(19-25)49-32-20-26(42)11-14-29(32)35(28)27-12-9-24(18-30(27)36(46)47)39-37(50)38-21-23-7-5-22(6-8-23)4-2-1-3-17-40(48)33(43)15-16-34(44)45;/h5-16,18-20,41,48H,1-4,17,21H2,(H,44,45)(H,46,47)(H2,38,39,50);/q;+1/p-1/b16-15+;. The molecular formula is C37H32N3NaO9S. The van der Waals surface area contributed by atoms with E-state index in [1.807, 2.05) is 24.3 Å². The maximum absolute atomic E-state index is 12.5. The molecule has 3 aromatic rings. The molecule has 0 unspecified atom stereocenters. The van der Waals surface area contributed by atoms with E-state index in [2.05, 4.69) is 10.6 Å². The summed E-state index contributed by atoms with van der Waals surface area (Å²) < 4.78 is 5.89. The number of aryl methyl sites for hydroxylation is 1. The third kappa shape index (κ3) is 10.2. The quantitative estimate of drug-likeness (QED) is 0.0226. The van der Waals surface area contributed by atoms with Gasteiger partial charge in [-0.2, -0.15) is 0 Å². The van der Waals surface area contributed by atoms with Crippen LogP contribution in [-0.4, -0.2) is 50.0 Å². The minimum absolute atomic E-state index is 0. The number of carbonyl (C=O) groups is 3. The zero-order valence-electron chi connectivity index (χ0n) is 27.5. The van der Waals surface area contributed by atoms with Crippen LogP contribution >= 0.6 is 12.2 Å². The maximum Gasteiger partial charge on any atom is 1.00 e. The number of amides is 1. The number of carboxylic acids is 2. The first-order valence-corrected chi connectivity index (χ1v) is 16.0. The van der Waals surface area contributed by atoms with E-state index in [1.54, 1.807) is 24.3 Å². The number of phenols is 1. The number of aromatic carboxylic acids is 1. The van der Waals surface area contributed by atoms with Crippen LogP contribution < -0.4 is 50.7 Å². The van der Waals surface area contributed by atoms with Crippen LogP contribution in [0.4, 0.5) is 5.69 Å². The second-order valence-corrected chi connectivity index (χ2v) is 11.8. The molecule has 1 heterocycles. The van der Waals surface area contributed by atoms with Crippen LogP contribution in [-0.2, 0) is 22.6 Å². The number of unbranched alkanes of at least 4 members (excludes halogenated alkanes) is 2. The number of thiocarbonyl (C=S) groups is 1. The molecule has 51 heavy (non-hydrogen) atoms. The summed E-state index contributed by atoms with van der Waals surface area (Å²) >= 11 is 5.48. The smallest absolute Gasteiger partial charge is 0.545 e. The van der Waals surface area contributed by atoms with Crippen molar-refractivity contribution in [2.45, 2.75) is 32.2 Å². The summed E-state index contributed by atoms with van der Waals surface area (Å²) in [6.45, 7) is 0.508. The summed E-state index contributed by atoms with van der Waals surface area (Å²) in [5, 5.41) is 47.8. The SMILES string of the molecule is O=C([O-])/C=C/C(=O)N(O)CCCCCc1ccc(CNC(=S)Nc2ccc(-c3c4ccc(=O)cc-4oc4cc(O)ccc34)c(C(=O)O)c2)cc1.[Na+]. The predicted octanol–water partition coefficient (Wildman–Crippen LogP) is 1.70. The minimum atomic E-state index is -1.51. The van der Waals surface area contributed by atoms with E-state index in [-0.39, 0.29) is 63.7 Å². The molecule has 3 aromatic carbocycles. The molecule has 5 rings (SSSR count). The van der Waals surface area contributed by atoms with Gasteiger partial charge in [0.2, 0.25) is 0 Å². The van der Waals surface area contributed by atoms with E-state index in [4.69, 9.17) is 16.6 Å². The summed E-state index contributed by atoms with van der Waals surface area (Å²) in [7, 11) is 0. The van der Waals surface area contributed by atoms with Gasteiger partial charge in [0.1, 0.15) is 17.1 Å². The molecule has 0 saturated carbocycles. The zero-order chi connectivity index (χ0) is 35.8. The summed E-state index contributed by atoms with van der Waals surface area (Å²) in [6.07, 6.45) is 4.24. The van der Waals surface area contributed by atoms with E-state index in [9.17, 15) is 39.7 Å². The molecule has 1 amide bonds. The van der Waals surface area contributed by atoms with Crippen LogP contribution in [0.1, 0.15) is 40.7 Å². The average Bonchev–Trinajstić information content (AvgIpc) is 3.08. The first-order chi connectivity index (χ1) is 24.0. The molecule has 0 bridgehead atoms. The third-order valence-corrected chi connectivity index (χ3v) is 8.13. The Balaban J connectivity index is 0.00000583. The van der Waals surface area contributed by atoms with Gasteiger partial charge < -0.3 is 35.2 Å². The number of hydroxylamine groups is 2.